The molecule has 0 bridgehead atoms. The first kappa shape index (κ1) is 14.1. The van der Waals surface area contributed by atoms with Crippen LogP contribution in [0.3, 0.4) is 0 Å². The normalized spacial score (nSPS) is 20.4. The average molecular weight is 300 g/mol. The highest BCUT2D eigenvalue weighted by Gasteiger charge is 2.38. The van der Waals surface area contributed by atoms with Crippen molar-refractivity contribution in [2.45, 2.75) is 13.3 Å². The predicted molar refractivity (Wildman–Crippen MR) is 75.2 cm³/mol. The number of carbonyl (C=O) groups excluding carboxylic acids is 2. The van der Waals surface area contributed by atoms with Gasteiger partial charge < -0.3 is 15.3 Å². The predicted octanol–water partition coefficient (Wildman–Crippen LogP) is 2.25. The summed E-state index contributed by atoms with van der Waals surface area (Å²) in [6.07, 6.45) is 1.76. The lowest BCUT2D eigenvalue weighted by Crippen LogP contribution is -2.27. The van der Waals surface area contributed by atoms with Gasteiger partial charge in [-0.15, -0.1) is 0 Å². The highest BCUT2D eigenvalue weighted by atomic mass is 16.4. The van der Waals surface area contributed by atoms with Crippen molar-refractivity contribution in [3.63, 3.8) is 0 Å². The third-order valence-electron chi connectivity index (χ3n) is 3.86. The summed E-state index contributed by atoms with van der Waals surface area (Å²) in [6, 6.07) is 2.01. The Hall–Kier alpha value is -2.89. The number of hydrogen-bond acceptors (Lipinski definition) is 5. The molecule has 1 atom stereocenters. The Morgan fingerprint density at radius 2 is 1.86 bits per heavy atom. The molecule has 0 fully saturated rings. The minimum Gasteiger partial charge on any atom is -0.507 e. The van der Waals surface area contributed by atoms with E-state index in [1.165, 1.54) is 6.08 Å². The largest absolute Gasteiger partial charge is 0.507 e. The standard InChI is InChI=1S/C16H12O6/c1-6-2-8-12(10(17)3-6)15(20)13-9(14(8)19)4-7(16(21)22)5-11(13)18/h3-6,17-18H,2H2,1H3,(H,21,22). The molecule has 1 unspecified atom stereocenters. The van der Waals surface area contributed by atoms with Crippen molar-refractivity contribution < 1.29 is 29.7 Å². The van der Waals surface area contributed by atoms with E-state index in [1.807, 2.05) is 0 Å². The van der Waals surface area contributed by atoms with Crippen LogP contribution in [-0.4, -0.2) is 32.9 Å². The first-order valence-electron chi connectivity index (χ1n) is 6.65. The molecular weight excluding hydrogens is 288 g/mol. The number of Topliss-reactive ketones (excluding diaryl/α,β-unsaturated/α-hetero) is 2. The number of benzene rings is 1. The van der Waals surface area contributed by atoms with E-state index in [4.69, 9.17) is 5.11 Å². The van der Waals surface area contributed by atoms with Crippen molar-refractivity contribution in [3.05, 3.63) is 51.8 Å². The lowest BCUT2D eigenvalue weighted by Gasteiger charge is -2.26. The van der Waals surface area contributed by atoms with Gasteiger partial charge in [-0.1, -0.05) is 6.92 Å². The molecule has 1 aromatic carbocycles. The summed E-state index contributed by atoms with van der Waals surface area (Å²) in [7, 11) is 0. The molecular formula is C16H12O6. The summed E-state index contributed by atoms with van der Waals surface area (Å²) in [6.45, 7) is 1.79. The van der Waals surface area contributed by atoms with Crippen LogP contribution in [0.25, 0.3) is 0 Å². The van der Waals surface area contributed by atoms with Crippen LogP contribution in [0.4, 0.5) is 0 Å². The summed E-state index contributed by atoms with van der Waals surface area (Å²) in [5, 5.41) is 28.9. The van der Waals surface area contributed by atoms with Crippen molar-refractivity contribution >= 4 is 17.5 Å². The Morgan fingerprint density at radius 1 is 1.18 bits per heavy atom. The molecule has 22 heavy (non-hydrogen) atoms. The Labute approximate surface area is 125 Å². The van der Waals surface area contributed by atoms with E-state index in [0.29, 0.717) is 0 Å². The van der Waals surface area contributed by atoms with Crippen molar-refractivity contribution in [1.29, 1.82) is 0 Å². The first-order chi connectivity index (χ1) is 10.3. The second-order valence-electron chi connectivity index (χ2n) is 5.47. The van der Waals surface area contributed by atoms with Crippen molar-refractivity contribution in [3.8, 4) is 5.75 Å². The molecule has 0 saturated carbocycles. The van der Waals surface area contributed by atoms with Crippen LogP contribution in [0.2, 0.25) is 0 Å². The van der Waals surface area contributed by atoms with Gasteiger partial charge in [0, 0.05) is 11.1 Å². The number of aliphatic hydroxyl groups is 1. The molecule has 0 aliphatic heterocycles. The van der Waals surface area contributed by atoms with Gasteiger partial charge in [0.1, 0.15) is 11.5 Å². The molecule has 6 nitrogen and oxygen atoms in total. The summed E-state index contributed by atoms with van der Waals surface area (Å²) in [4.78, 5) is 36.1. The molecule has 0 heterocycles. The topological polar surface area (TPSA) is 112 Å². The van der Waals surface area contributed by atoms with E-state index in [2.05, 4.69) is 0 Å². The van der Waals surface area contributed by atoms with E-state index in [-0.39, 0.29) is 45.9 Å². The number of carboxylic acid groups (broad SMARTS) is 1. The second-order valence-corrected chi connectivity index (χ2v) is 5.47. The lowest BCUT2D eigenvalue weighted by atomic mass is 9.76. The van der Waals surface area contributed by atoms with Gasteiger partial charge in [-0.05, 0) is 30.5 Å². The molecule has 2 aliphatic carbocycles. The van der Waals surface area contributed by atoms with E-state index in [0.717, 1.165) is 12.1 Å². The van der Waals surface area contributed by atoms with Crippen LogP contribution in [0.5, 0.6) is 5.75 Å². The molecule has 112 valence electrons. The Bertz CT molecular complexity index is 812. The van der Waals surface area contributed by atoms with E-state index in [1.54, 1.807) is 6.92 Å². The number of rotatable bonds is 1. The second kappa shape index (κ2) is 4.56. The summed E-state index contributed by atoms with van der Waals surface area (Å²) in [5.41, 5.74) is -0.614. The number of aromatic hydroxyl groups is 1. The van der Waals surface area contributed by atoms with Gasteiger partial charge in [-0.25, -0.2) is 4.79 Å². The number of ketones is 2. The molecule has 0 amide bonds. The van der Waals surface area contributed by atoms with Gasteiger partial charge >= 0.3 is 5.97 Å². The van der Waals surface area contributed by atoms with Gasteiger partial charge in [0.25, 0.3) is 0 Å². The van der Waals surface area contributed by atoms with Crippen molar-refractivity contribution in [2.24, 2.45) is 5.92 Å². The fraction of sp³-hybridized carbons (Fsp3) is 0.188. The summed E-state index contributed by atoms with van der Waals surface area (Å²) >= 11 is 0. The van der Waals surface area contributed by atoms with Gasteiger partial charge in [0.05, 0.1) is 16.7 Å². The maximum atomic E-state index is 12.6. The van der Waals surface area contributed by atoms with E-state index < -0.39 is 23.3 Å². The van der Waals surface area contributed by atoms with Crippen LogP contribution < -0.4 is 0 Å². The number of aromatic carboxylic acids is 1. The van der Waals surface area contributed by atoms with Crippen LogP contribution in [-0.2, 0) is 0 Å². The van der Waals surface area contributed by atoms with Crippen LogP contribution in [0.15, 0.2) is 35.1 Å². The van der Waals surface area contributed by atoms with Crippen molar-refractivity contribution in [1.82, 2.24) is 0 Å². The van der Waals surface area contributed by atoms with Gasteiger partial charge in [0.2, 0.25) is 5.78 Å². The van der Waals surface area contributed by atoms with E-state index in [9.17, 15) is 24.6 Å². The zero-order valence-electron chi connectivity index (χ0n) is 11.6. The van der Waals surface area contributed by atoms with Crippen LogP contribution >= 0.6 is 0 Å². The molecule has 6 heteroatoms. The van der Waals surface area contributed by atoms with Crippen LogP contribution in [0.1, 0.15) is 44.4 Å². The number of carbonyl (C=O) groups is 3. The first-order valence-corrected chi connectivity index (χ1v) is 6.65. The summed E-state index contributed by atoms with van der Waals surface area (Å²) in [5.74, 6) is -3.48. The Kier molecular flexibility index (Phi) is 2.91. The number of phenols is 1. The zero-order chi connectivity index (χ0) is 16.2. The summed E-state index contributed by atoms with van der Waals surface area (Å²) < 4.78 is 0. The molecule has 0 aromatic heterocycles. The minimum absolute atomic E-state index is 0.103. The molecule has 1 aromatic rings. The number of hydrogen-bond donors (Lipinski definition) is 3. The van der Waals surface area contributed by atoms with Gasteiger partial charge in [0.15, 0.2) is 5.78 Å². The monoisotopic (exact) mass is 300 g/mol. The fourth-order valence-corrected chi connectivity index (χ4v) is 2.91. The fourth-order valence-electron chi connectivity index (χ4n) is 2.91. The molecule has 3 rings (SSSR count). The van der Waals surface area contributed by atoms with Gasteiger partial charge in [-0.3, -0.25) is 9.59 Å². The lowest BCUT2D eigenvalue weighted by molar-refractivity contribution is 0.0695. The van der Waals surface area contributed by atoms with E-state index >= 15 is 0 Å². The number of allylic oxidation sites excluding steroid dienone is 3. The third kappa shape index (κ3) is 1.84. The van der Waals surface area contributed by atoms with Crippen molar-refractivity contribution in [2.75, 3.05) is 0 Å². The Balaban J connectivity index is 2.27. The molecule has 0 saturated heterocycles. The SMILES string of the molecule is CC1C=C(O)C2=C(C1)C(=O)c1cc(C(=O)O)cc(O)c1C2=O. The maximum Gasteiger partial charge on any atom is 0.335 e. The third-order valence-corrected chi connectivity index (χ3v) is 3.86. The molecule has 3 N–H and O–H groups in total. The number of fused-ring (bicyclic) bond motifs is 1. The highest BCUT2D eigenvalue weighted by Crippen LogP contribution is 2.40. The zero-order valence-corrected chi connectivity index (χ0v) is 11.6. The maximum absolute atomic E-state index is 12.6. The van der Waals surface area contributed by atoms with Crippen LogP contribution in [0, 0.1) is 5.92 Å². The number of carboxylic acids is 1. The minimum atomic E-state index is -1.31. The number of phenolic OH excluding ortho intramolecular Hbond substituents is 1. The Morgan fingerprint density at radius 3 is 2.50 bits per heavy atom. The quantitative estimate of drug-likeness (QED) is 0.733. The number of aliphatic hydroxyl groups excluding tert-OH is 1. The van der Waals surface area contributed by atoms with Gasteiger partial charge in [-0.2, -0.15) is 0 Å². The molecule has 0 radical (unpaired) electrons. The molecule has 2 aliphatic rings. The molecule has 0 spiro atoms. The highest BCUT2D eigenvalue weighted by molar-refractivity contribution is 6.29. The average Bonchev–Trinajstić information content (AvgIpc) is 2.42. The smallest absolute Gasteiger partial charge is 0.335 e.